The molecule has 0 radical (unpaired) electrons. The number of aryl methyl sites for hydroxylation is 1. The number of hydrogen-bond acceptors (Lipinski definition) is 4. The Morgan fingerprint density at radius 1 is 1.35 bits per heavy atom. The largest absolute Gasteiger partial charge is 0.370 e. The van der Waals surface area contributed by atoms with Crippen molar-refractivity contribution < 1.29 is 0 Å². The molecule has 1 aromatic heterocycles. The van der Waals surface area contributed by atoms with Gasteiger partial charge in [-0.05, 0) is 12.8 Å². The molecule has 1 saturated carbocycles. The number of nitrogens with two attached hydrogens (primary N) is 1. The van der Waals surface area contributed by atoms with Crippen LogP contribution < -0.4 is 5.73 Å². The van der Waals surface area contributed by atoms with Gasteiger partial charge in [0, 0.05) is 24.8 Å². The summed E-state index contributed by atoms with van der Waals surface area (Å²) < 4.78 is 1.84. The fourth-order valence-corrected chi connectivity index (χ4v) is 3.01. The highest BCUT2D eigenvalue weighted by atomic mass is 15.3. The van der Waals surface area contributed by atoms with Crippen LogP contribution in [-0.4, -0.2) is 33.2 Å². The summed E-state index contributed by atoms with van der Waals surface area (Å²) in [6.07, 6.45) is 9.11. The topological polar surface area (TPSA) is 59.4 Å². The van der Waals surface area contributed by atoms with Gasteiger partial charge in [0.15, 0.2) is 5.96 Å². The van der Waals surface area contributed by atoms with Crippen LogP contribution in [0.15, 0.2) is 17.4 Å². The minimum absolute atomic E-state index is 0.298. The van der Waals surface area contributed by atoms with Crippen LogP contribution in [0.1, 0.15) is 37.3 Å². The number of hydrogen-bond donors (Lipinski definition) is 1. The highest BCUT2D eigenvalue weighted by molar-refractivity contribution is 5.80. The lowest BCUT2D eigenvalue weighted by atomic mass is 10.1. The van der Waals surface area contributed by atoms with Crippen molar-refractivity contribution in [3.05, 3.63) is 18.0 Å². The van der Waals surface area contributed by atoms with Crippen LogP contribution >= 0.6 is 0 Å². The first-order chi connectivity index (χ1) is 8.25. The molecule has 1 aliphatic carbocycles. The predicted octanol–water partition coefficient (Wildman–Crippen LogP) is 1.03. The van der Waals surface area contributed by atoms with Crippen molar-refractivity contribution in [2.75, 3.05) is 6.54 Å². The van der Waals surface area contributed by atoms with Gasteiger partial charge in [-0.25, -0.2) is 0 Å². The molecular weight excluding hydrogens is 214 g/mol. The van der Waals surface area contributed by atoms with Gasteiger partial charge in [-0.2, -0.15) is 5.10 Å². The van der Waals surface area contributed by atoms with E-state index in [1.807, 2.05) is 17.9 Å². The van der Waals surface area contributed by atoms with Crippen LogP contribution in [-0.2, 0) is 7.05 Å². The second kappa shape index (κ2) is 4.05. The zero-order chi connectivity index (χ0) is 11.8. The molecular formula is C12H19N5. The second-order valence-corrected chi connectivity index (χ2v) is 5.01. The Morgan fingerprint density at radius 3 is 2.76 bits per heavy atom. The molecule has 0 saturated heterocycles. The van der Waals surface area contributed by atoms with Crippen molar-refractivity contribution in [2.45, 2.75) is 37.8 Å². The van der Waals surface area contributed by atoms with Crippen LogP contribution in [0.4, 0.5) is 0 Å². The van der Waals surface area contributed by atoms with Crippen LogP contribution in [0.5, 0.6) is 0 Å². The number of aromatic nitrogens is 2. The van der Waals surface area contributed by atoms with Crippen LogP contribution in [0.2, 0.25) is 0 Å². The molecule has 1 aromatic rings. The summed E-state index contributed by atoms with van der Waals surface area (Å²) in [5.41, 5.74) is 7.27. The maximum Gasteiger partial charge on any atom is 0.192 e. The third-order valence-electron chi connectivity index (χ3n) is 3.85. The van der Waals surface area contributed by atoms with E-state index in [0.717, 1.165) is 6.54 Å². The third kappa shape index (κ3) is 1.79. The van der Waals surface area contributed by atoms with E-state index < -0.39 is 0 Å². The highest BCUT2D eigenvalue weighted by Gasteiger charge is 2.35. The van der Waals surface area contributed by atoms with E-state index in [1.165, 1.54) is 31.2 Å². The number of aliphatic imine (C=N–C) groups is 1. The number of nitrogens with zero attached hydrogens (tertiary/aromatic N) is 4. The molecule has 1 atom stereocenters. The molecule has 3 rings (SSSR count). The van der Waals surface area contributed by atoms with Gasteiger partial charge >= 0.3 is 0 Å². The molecule has 2 aliphatic rings. The van der Waals surface area contributed by atoms with Gasteiger partial charge in [0.25, 0.3) is 0 Å². The molecule has 17 heavy (non-hydrogen) atoms. The van der Waals surface area contributed by atoms with Gasteiger partial charge in [-0.15, -0.1) is 0 Å². The Labute approximate surface area is 101 Å². The molecule has 0 aromatic carbocycles. The summed E-state index contributed by atoms with van der Waals surface area (Å²) in [4.78, 5) is 6.72. The molecule has 0 bridgehead atoms. The maximum atomic E-state index is 6.04. The molecule has 1 aliphatic heterocycles. The minimum atomic E-state index is 0.298. The van der Waals surface area contributed by atoms with E-state index in [1.54, 1.807) is 0 Å². The lowest BCUT2D eigenvalue weighted by Gasteiger charge is -2.31. The van der Waals surface area contributed by atoms with Crippen molar-refractivity contribution >= 4 is 5.96 Å². The lowest BCUT2D eigenvalue weighted by Crippen LogP contribution is -2.42. The first-order valence-corrected chi connectivity index (χ1v) is 6.32. The maximum absolute atomic E-state index is 6.04. The number of rotatable bonds is 2. The molecule has 5 heteroatoms. The van der Waals surface area contributed by atoms with Gasteiger partial charge < -0.3 is 10.6 Å². The van der Waals surface area contributed by atoms with Crippen molar-refractivity contribution in [3.8, 4) is 0 Å². The Balaban J connectivity index is 1.85. The molecule has 0 spiro atoms. The van der Waals surface area contributed by atoms with E-state index in [9.17, 15) is 0 Å². The van der Waals surface area contributed by atoms with E-state index >= 15 is 0 Å². The summed E-state index contributed by atoms with van der Waals surface area (Å²) in [5, 5.41) is 4.25. The van der Waals surface area contributed by atoms with E-state index in [0.29, 0.717) is 18.0 Å². The van der Waals surface area contributed by atoms with Gasteiger partial charge in [0.2, 0.25) is 0 Å². The average molecular weight is 233 g/mol. The van der Waals surface area contributed by atoms with Crippen LogP contribution in [0.25, 0.3) is 0 Å². The molecule has 5 nitrogen and oxygen atoms in total. The Kier molecular flexibility index (Phi) is 2.53. The van der Waals surface area contributed by atoms with Crippen molar-refractivity contribution in [2.24, 2.45) is 17.8 Å². The molecule has 1 fully saturated rings. The summed E-state index contributed by atoms with van der Waals surface area (Å²) >= 11 is 0. The van der Waals surface area contributed by atoms with Crippen molar-refractivity contribution in [1.82, 2.24) is 14.7 Å². The first-order valence-electron chi connectivity index (χ1n) is 6.32. The zero-order valence-corrected chi connectivity index (χ0v) is 10.2. The zero-order valence-electron chi connectivity index (χ0n) is 10.2. The standard InChI is InChI=1S/C12H19N5/c1-16-8-9(6-15-16)11-7-14-12(13)17(11)10-4-2-3-5-10/h6,8,10-11H,2-5,7H2,1H3,(H2,13,14). The van der Waals surface area contributed by atoms with E-state index in [4.69, 9.17) is 5.73 Å². The summed E-state index contributed by atoms with van der Waals surface area (Å²) in [6.45, 7) is 0.772. The quantitative estimate of drug-likeness (QED) is 0.830. The minimum Gasteiger partial charge on any atom is -0.370 e. The highest BCUT2D eigenvalue weighted by Crippen LogP contribution is 2.33. The summed E-state index contributed by atoms with van der Waals surface area (Å²) in [6, 6.07) is 0.873. The van der Waals surface area contributed by atoms with Crippen molar-refractivity contribution in [1.29, 1.82) is 0 Å². The Bertz CT molecular complexity index is 430. The number of guanidine groups is 1. The summed E-state index contributed by atoms with van der Waals surface area (Å²) in [7, 11) is 1.95. The second-order valence-electron chi connectivity index (χ2n) is 5.01. The third-order valence-corrected chi connectivity index (χ3v) is 3.85. The molecule has 0 amide bonds. The van der Waals surface area contributed by atoms with Crippen LogP contribution in [0.3, 0.4) is 0 Å². The van der Waals surface area contributed by atoms with Gasteiger partial charge in [-0.1, -0.05) is 12.8 Å². The fourth-order valence-electron chi connectivity index (χ4n) is 3.01. The Morgan fingerprint density at radius 2 is 2.12 bits per heavy atom. The van der Waals surface area contributed by atoms with Gasteiger partial charge in [-0.3, -0.25) is 9.67 Å². The molecule has 1 unspecified atom stereocenters. The SMILES string of the molecule is Cn1cc(C2CN=C(N)N2C2CCCC2)cn1. The van der Waals surface area contributed by atoms with Gasteiger partial charge in [0.1, 0.15) is 0 Å². The lowest BCUT2D eigenvalue weighted by molar-refractivity contribution is 0.262. The van der Waals surface area contributed by atoms with Crippen LogP contribution in [0, 0.1) is 0 Å². The fraction of sp³-hybridized carbons (Fsp3) is 0.667. The molecule has 2 N–H and O–H groups in total. The van der Waals surface area contributed by atoms with Gasteiger partial charge in [0.05, 0.1) is 18.8 Å². The molecule has 92 valence electrons. The monoisotopic (exact) mass is 233 g/mol. The Hall–Kier alpha value is -1.52. The first kappa shape index (κ1) is 10.6. The normalized spacial score (nSPS) is 25.6. The van der Waals surface area contributed by atoms with E-state index in [2.05, 4.69) is 21.2 Å². The van der Waals surface area contributed by atoms with E-state index in [-0.39, 0.29) is 0 Å². The smallest absolute Gasteiger partial charge is 0.192 e. The average Bonchev–Trinajstić information content (AvgIpc) is 2.97. The molecule has 2 heterocycles. The summed E-state index contributed by atoms with van der Waals surface area (Å²) in [5.74, 6) is 0.714. The predicted molar refractivity (Wildman–Crippen MR) is 66.5 cm³/mol. The van der Waals surface area contributed by atoms with Crippen molar-refractivity contribution in [3.63, 3.8) is 0 Å².